The SMILES string of the molecule is Cc1ccc([C@@]2(C)NC(=O)N(CC(=O)OCc3cc(-c4ccco4)on3)C2=O)cc1. The summed E-state index contributed by atoms with van der Waals surface area (Å²) in [6, 6.07) is 11.6. The topological polar surface area (TPSA) is 115 Å². The Labute approximate surface area is 171 Å². The van der Waals surface area contributed by atoms with Gasteiger partial charge in [0.15, 0.2) is 5.76 Å². The molecule has 154 valence electrons. The van der Waals surface area contributed by atoms with E-state index in [1.165, 1.54) is 6.26 Å². The average Bonchev–Trinajstić information content (AvgIpc) is 3.45. The fraction of sp³-hybridized carbons (Fsp3) is 0.238. The minimum absolute atomic E-state index is 0.165. The summed E-state index contributed by atoms with van der Waals surface area (Å²) in [6.07, 6.45) is 1.50. The first kappa shape index (κ1) is 19.4. The van der Waals surface area contributed by atoms with Gasteiger partial charge in [0.05, 0.1) is 6.26 Å². The summed E-state index contributed by atoms with van der Waals surface area (Å²) in [5.41, 5.74) is 0.796. The molecular formula is C21H19N3O6. The van der Waals surface area contributed by atoms with Gasteiger partial charge in [0.1, 0.15) is 24.4 Å². The molecule has 1 N–H and O–H groups in total. The molecule has 3 heterocycles. The molecule has 0 saturated carbocycles. The number of carbonyl (C=O) groups is 3. The lowest BCUT2D eigenvalue weighted by molar-refractivity contribution is -0.149. The van der Waals surface area contributed by atoms with Crippen molar-refractivity contribution in [2.75, 3.05) is 6.54 Å². The summed E-state index contributed by atoms with van der Waals surface area (Å²) in [7, 11) is 0. The van der Waals surface area contributed by atoms with E-state index in [1.807, 2.05) is 19.1 Å². The maximum absolute atomic E-state index is 12.9. The average molecular weight is 409 g/mol. The smallest absolute Gasteiger partial charge is 0.326 e. The predicted molar refractivity (Wildman–Crippen MR) is 103 cm³/mol. The molecule has 0 aliphatic carbocycles. The van der Waals surface area contributed by atoms with E-state index in [0.717, 1.165) is 10.5 Å². The number of carbonyl (C=O) groups excluding carboxylic acids is 3. The van der Waals surface area contributed by atoms with Gasteiger partial charge in [-0.15, -0.1) is 0 Å². The zero-order valence-electron chi connectivity index (χ0n) is 16.4. The molecule has 3 amide bonds. The molecule has 1 atom stereocenters. The second kappa shape index (κ2) is 7.51. The molecule has 30 heavy (non-hydrogen) atoms. The molecule has 9 nitrogen and oxygen atoms in total. The number of aromatic nitrogens is 1. The van der Waals surface area contributed by atoms with Crippen LogP contribution in [0.4, 0.5) is 4.79 Å². The number of amides is 3. The molecule has 1 fully saturated rings. The fourth-order valence-electron chi connectivity index (χ4n) is 3.17. The second-order valence-corrected chi connectivity index (χ2v) is 7.13. The van der Waals surface area contributed by atoms with E-state index in [1.54, 1.807) is 37.3 Å². The summed E-state index contributed by atoms with van der Waals surface area (Å²) in [5, 5.41) is 6.46. The third kappa shape index (κ3) is 3.57. The van der Waals surface area contributed by atoms with Gasteiger partial charge in [0, 0.05) is 6.07 Å². The highest BCUT2D eigenvalue weighted by atomic mass is 16.5. The van der Waals surface area contributed by atoms with Gasteiger partial charge >= 0.3 is 12.0 Å². The van der Waals surface area contributed by atoms with Crippen molar-refractivity contribution in [3.05, 3.63) is 65.5 Å². The van der Waals surface area contributed by atoms with Gasteiger partial charge in [-0.1, -0.05) is 35.0 Å². The Morgan fingerprint density at radius 2 is 1.97 bits per heavy atom. The van der Waals surface area contributed by atoms with E-state index in [9.17, 15) is 14.4 Å². The molecule has 0 spiro atoms. The van der Waals surface area contributed by atoms with Gasteiger partial charge in [-0.05, 0) is 31.5 Å². The van der Waals surface area contributed by atoms with Gasteiger partial charge in [0.2, 0.25) is 5.76 Å². The van der Waals surface area contributed by atoms with Gasteiger partial charge in [-0.3, -0.25) is 14.5 Å². The lowest BCUT2D eigenvalue weighted by Crippen LogP contribution is -2.41. The van der Waals surface area contributed by atoms with E-state index in [-0.39, 0.29) is 6.61 Å². The molecule has 1 aliphatic heterocycles. The minimum Gasteiger partial charge on any atom is -0.461 e. The molecule has 1 saturated heterocycles. The fourth-order valence-corrected chi connectivity index (χ4v) is 3.17. The molecule has 1 aliphatic rings. The van der Waals surface area contributed by atoms with Crippen LogP contribution in [0.5, 0.6) is 0 Å². The van der Waals surface area contributed by atoms with Crippen molar-refractivity contribution in [3.63, 3.8) is 0 Å². The van der Waals surface area contributed by atoms with Crippen LogP contribution in [0.25, 0.3) is 11.5 Å². The Balaban J connectivity index is 1.38. The predicted octanol–water partition coefficient (Wildman–Crippen LogP) is 2.75. The molecule has 4 rings (SSSR count). The van der Waals surface area contributed by atoms with Crippen LogP contribution in [0.1, 0.15) is 23.7 Å². The van der Waals surface area contributed by atoms with E-state index >= 15 is 0 Å². The normalized spacial score (nSPS) is 18.5. The third-order valence-electron chi connectivity index (χ3n) is 4.90. The van der Waals surface area contributed by atoms with E-state index < -0.39 is 30.0 Å². The van der Waals surface area contributed by atoms with E-state index in [0.29, 0.717) is 22.8 Å². The van der Waals surface area contributed by atoms with Crippen molar-refractivity contribution >= 4 is 17.9 Å². The summed E-state index contributed by atoms with van der Waals surface area (Å²) in [5.74, 6) is -0.368. The van der Waals surface area contributed by atoms with Crippen molar-refractivity contribution in [1.29, 1.82) is 0 Å². The van der Waals surface area contributed by atoms with Gasteiger partial charge in [0.25, 0.3) is 5.91 Å². The number of hydrogen-bond donors (Lipinski definition) is 1. The van der Waals surface area contributed by atoms with Crippen LogP contribution in [-0.4, -0.2) is 34.5 Å². The first-order valence-corrected chi connectivity index (χ1v) is 9.23. The maximum Gasteiger partial charge on any atom is 0.326 e. The molecule has 9 heteroatoms. The molecule has 3 aromatic rings. The monoisotopic (exact) mass is 409 g/mol. The maximum atomic E-state index is 12.9. The highest BCUT2D eigenvalue weighted by Gasteiger charge is 2.49. The number of furan rings is 1. The van der Waals surface area contributed by atoms with Crippen LogP contribution in [0.15, 0.2) is 57.7 Å². The Morgan fingerprint density at radius 1 is 1.20 bits per heavy atom. The van der Waals surface area contributed by atoms with Crippen LogP contribution in [0.3, 0.4) is 0 Å². The van der Waals surface area contributed by atoms with E-state index in [2.05, 4.69) is 10.5 Å². The molecular weight excluding hydrogens is 390 g/mol. The highest BCUT2D eigenvalue weighted by Crippen LogP contribution is 2.29. The number of benzene rings is 1. The first-order chi connectivity index (χ1) is 14.4. The van der Waals surface area contributed by atoms with Crippen LogP contribution in [0, 0.1) is 6.92 Å². The lowest BCUT2D eigenvalue weighted by atomic mass is 9.91. The van der Waals surface area contributed by atoms with Gasteiger partial charge in [-0.2, -0.15) is 0 Å². The molecule has 1 aromatic carbocycles. The van der Waals surface area contributed by atoms with Crippen molar-refractivity contribution in [2.24, 2.45) is 0 Å². The third-order valence-corrected chi connectivity index (χ3v) is 4.90. The number of imide groups is 1. The number of esters is 1. The highest BCUT2D eigenvalue weighted by molar-refractivity contribution is 6.08. The summed E-state index contributed by atoms with van der Waals surface area (Å²) < 4.78 is 15.5. The van der Waals surface area contributed by atoms with Crippen molar-refractivity contribution in [3.8, 4) is 11.5 Å². The minimum atomic E-state index is -1.24. The Morgan fingerprint density at radius 3 is 2.67 bits per heavy atom. The zero-order valence-corrected chi connectivity index (χ0v) is 16.4. The second-order valence-electron chi connectivity index (χ2n) is 7.13. The molecule has 2 aromatic heterocycles. The number of aryl methyl sites for hydroxylation is 1. The van der Waals surface area contributed by atoms with Crippen LogP contribution in [0.2, 0.25) is 0 Å². The molecule has 0 bridgehead atoms. The summed E-state index contributed by atoms with van der Waals surface area (Å²) in [4.78, 5) is 38.3. The van der Waals surface area contributed by atoms with Crippen LogP contribution in [-0.2, 0) is 26.5 Å². The Hall–Kier alpha value is -3.88. The first-order valence-electron chi connectivity index (χ1n) is 9.23. The van der Waals surface area contributed by atoms with Crippen molar-refractivity contribution in [2.45, 2.75) is 26.0 Å². The van der Waals surface area contributed by atoms with Crippen LogP contribution >= 0.6 is 0 Å². The largest absolute Gasteiger partial charge is 0.461 e. The Bertz CT molecular complexity index is 1090. The van der Waals surface area contributed by atoms with Crippen molar-refractivity contribution in [1.82, 2.24) is 15.4 Å². The number of ether oxygens (including phenoxy) is 1. The molecule has 0 unspecified atom stereocenters. The number of rotatable bonds is 6. The summed E-state index contributed by atoms with van der Waals surface area (Å²) in [6.45, 7) is 2.86. The zero-order chi connectivity index (χ0) is 21.3. The van der Waals surface area contributed by atoms with Gasteiger partial charge < -0.3 is 19.0 Å². The number of urea groups is 1. The van der Waals surface area contributed by atoms with E-state index in [4.69, 9.17) is 13.7 Å². The quantitative estimate of drug-likeness (QED) is 0.492. The summed E-state index contributed by atoms with van der Waals surface area (Å²) >= 11 is 0. The Kier molecular flexibility index (Phi) is 4.86. The standard InChI is InChI=1S/C21H19N3O6/c1-13-5-7-14(8-6-13)21(2)19(26)24(20(27)22-21)11-18(25)29-12-15-10-17(30-23-15)16-4-3-9-28-16/h3-10H,11-12H2,1-2H3,(H,22,27)/t21-/m1/s1. The van der Waals surface area contributed by atoms with Crippen molar-refractivity contribution < 1.29 is 28.1 Å². The number of nitrogens with one attached hydrogen (secondary N) is 1. The van der Waals surface area contributed by atoms with Gasteiger partial charge in [-0.25, -0.2) is 4.79 Å². The van der Waals surface area contributed by atoms with Crippen LogP contribution < -0.4 is 5.32 Å². The lowest BCUT2D eigenvalue weighted by Gasteiger charge is -2.22. The number of hydrogen-bond acceptors (Lipinski definition) is 7. The molecule has 0 radical (unpaired) electrons. The number of nitrogens with zero attached hydrogens (tertiary/aromatic N) is 2.